The number of anilines is 1. The summed E-state index contributed by atoms with van der Waals surface area (Å²) in [7, 11) is 0. The van der Waals surface area contributed by atoms with E-state index in [2.05, 4.69) is 5.32 Å². The van der Waals surface area contributed by atoms with E-state index >= 15 is 0 Å². The van der Waals surface area contributed by atoms with Crippen molar-refractivity contribution >= 4 is 17.6 Å². The Bertz CT molecular complexity index is 1770. The number of aromatic nitrogens is 1. The molecule has 0 unspecified atom stereocenters. The van der Waals surface area contributed by atoms with Gasteiger partial charge in [0.05, 0.1) is 36.7 Å². The lowest BCUT2D eigenvalue weighted by Crippen LogP contribution is -2.22. The maximum atomic E-state index is 14.3. The number of carboxylic acids is 1. The second-order valence-corrected chi connectivity index (χ2v) is 10.2. The molecule has 0 aliphatic heterocycles. The molecule has 3 aromatic carbocycles. The number of phenolic OH excluding ortho intramolecular Hbond substituents is 1. The van der Waals surface area contributed by atoms with Crippen molar-refractivity contribution in [3.63, 3.8) is 0 Å². The van der Waals surface area contributed by atoms with Crippen LogP contribution in [0.25, 0.3) is 22.4 Å². The molecule has 42 heavy (non-hydrogen) atoms. The van der Waals surface area contributed by atoms with Gasteiger partial charge in [0.2, 0.25) is 0 Å². The molecule has 4 rings (SSSR count). The minimum atomic E-state index is -1.32. The number of aliphatic carboxylic acids is 1. The predicted octanol–water partition coefficient (Wildman–Crippen LogP) is 6.02. The van der Waals surface area contributed by atoms with Crippen LogP contribution < -0.4 is 5.32 Å². The van der Waals surface area contributed by atoms with E-state index in [0.717, 1.165) is 0 Å². The molecule has 5 N–H and O–H groups in total. The number of carboxylic acid groups (broad SMARTS) is 1. The molecular weight excluding hydrogens is 539 g/mol. The quantitative estimate of drug-likeness (QED) is 0.130. The number of aliphatic hydroxyl groups is 2. The molecule has 0 saturated heterocycles. The third kappa shape index (κ3) is 7.23. The zero-order valence-corrected chi connectivity index (χ0v) is 23.1. The average Bonchev–Trinajstić information content (AvgIpc) is 3.34. The van der Waals surface area contributed by atoms with Gasteiger partial charge in [-0.1, -0.05) is 44.1 Å². The normalized spacial score (nSPS) is 14.4. The molecule has 8 nitrogen and oxygen atoms in total. The summed E-state index contributed by atoms with van der Waals surface area (Å²) in [5, 5.41) is 42.4. The number of aliphatic hydroxyl groups excluding tert-OH is 2. The molecule has 0 saturated carbocycles. The third-order valence-electron chi connectivity index (χ3n) is 6.71. The van der Waals surface area contributed by atoms with Crippen molar-refractivity contribution < 1.29 is 41.3 Å². The lowest BCUT2D eigenvalue weighted by Gasteiger charge is -2.20. The molecular formula is C33H35FN2O6. The van der Waals surface area contributed by atoms with E-state index in [1.54, 1.807) is 18.4 Å². The van der Waals surface area contributed by atoms with Crippen molar-refractivity contribution in [2.24, 2.45) is 0 Å². The number of carbonyl (C=O) groups excluding carboxylic acids is 1. The van der Waals surface area contributed by atoms with Crippen LogP contribution in [0.3, 0.4) is 0 Å². The summed E-state index contributed by atoms with van der Waals surface area (Å²) in [5.41, 5.74) is 0.958. The lowest BCUT2D eigenvalue weighted by atomic mass is 9.94. The van der Waals surface area contributed by atoms with E-state index in [0.29, 0.717) is 16.9 Å². The van der Waals surface area contributed by atoms with Crippen LogP contribution in [0.1, 0.15) is 61.9 Å². The van der Waals surface area contributed by atoms with Crippen LogP contribution in [0.5, 0.6) is 5.75 Å². The van der Waals surface area contributed by atoms with E-state index in [1.165, 1.54) is 48.5 Å². The monoisotopic (exact) mass is 579 g/mol. The Balaban J connectivity index is 2.05. The van der Waals surface area contributed by atoms with Crippen LogP contribution in [0.2, 0.25) is 0 Å². The van der Waals surface area contributed by atoms with E-state index < -0.39 is 72.5 Å². The minimum Gasteiger partial charge on any atom is -0.508 e. The second kappa shape index (κ2) is 13.5. The van der Waals surface area contributed by atoms with Gasteiger partial charge in [-0.3, -0.25) is 9.59 Å². The number of nitrogens with zero attached hydrogens (tertiary/aromatic N) is 1. The molecule has 1 heterocycles. The zero-order valence-electron chi connectivity index (χ0n) is 28.1. The van der Waals surface area contributed by atoms with E-state index in [4.69, 9.17) is 12.0 Å². The number of hydrogen-bond donors (Lipinski definition) is 5. The van der Waals surface area contributed by atoms with E-state index in [9.17, 15) is 29.3 Å². The Morgan fingerprint density at radius 1 is 0.952 bits per heavy atom. The number of halogens is 1. The van der Waals surface area contributed by atoms with Gasteiger partial charge in [-0.25, -0.2) is 4.39 Å². The SMILES string of the molecule is [2H]c1c([2H])c([2H])c(-c2c(C(=O)Nc3ccc(O)cc3)c(C(C)C)n(CC[C@@H](O)C[C@@H](O)CC(=O)O)c2-c2ccc(F)cc2)c([2H])c1[2H]. The van der Waals surface area contributed by atoms with Gasteiger partial charge in [-0.2, -0.15) is 0 Å². The summed E-state index contributed by atoms with van der Waals surface area (Å²) in [6, 6.07) is 7.86. The maximum Gasteiger partial charge on any atom is 0.305 e. The van der Waals surface area contributed by atoms with Gasteiger partial charge in [0.1, 0.15) is 11.6 Å². The first kappa shape index (κ1) is 24.2. The predicted molar refractivity (Wildman–Crippen MR) is 159 cm³/mol. The Morgan fingerprint density at radius 2 is 1.60 bits per heavy atom. The first-order valence-electron chi connectivity index (χ1n) is 15.9. The molecule has 0 fully saturated rings. The highest BCUT2D eigenvalue weighted by molar-refractivity contribution is 6.12. The van der Waals surface area contributed by atoms with Gasteiger partial charge in [-0.15, -0.1) is 0 Å². The van der Waals surface area contributed by atoms with Crippen LogP contribution in [-0.2, 0) is 11.3 Å². The van der Waals surface area contributed by atoms with Crippen LogP contribution in [0.4, 0.5) is 10.1 Å². The highest BCUT2D eigenvalue weighted by Gasteiger charge is 2.31. The standard InChI is InChI=1S/C33H35FN2O6/c1-20(2)31-30(33(42)35-24-12-14-25(37)15-13-24)29(21-6-4-3-5-7-21)32(22-8-10-23(34)11-9-22)36(31)17-16-26(38)18-27(39)19-28(40)41/h3-15,20,26-27,37-39H,16-19H2,1-2H3,(H,35,42)(H,40,41)/t26-,27-/m1/s1/i3D,4D,5D,6D,7D. The largest absolute Gasteiger partial charge is 0.508 e. The highest BCUT2D eigenvalue weighted by atomic mass is 19.1. The number of carbonyl (C=O) groups is 2. The van der Waals surface area contributed by atoms with E-state index in [-0.39, 0.29) is 47.5 Å². The fourth-order valence-electron chi connectivity index (χ4n) is 4.96. The van der Waals surface area contributed by atoms with E-state index in [1.807, 2.05) is 0 Å². The molecule has 1 amide bonds. The molecule has 2 atom stereocenters. The molecule has 1 aromatic heterocycles. The fraction of sp³-hybridized carbons (Fsp3) is 0.273. The summed E-state index contributed by atoms with van der Waals surface area (Å²) >= 11 is 0. The minimum absolute atomic E-state index is 0.00557. The van der Waals surface area contributed by atoms with Crippen molar-refractivity contribution in [1.29, 1.82) is 0 Å². The summed E-state index contributed by atoms with van der Waals surface area (Å²) < 4.78 is 58.4. The summed E-state index contributed by atoms with van der Waals surface area (Å²) in [6.07, 6.45) is -3.34. The topological polar surface area (TPSA) is 132 Å². The summed E-state index contributed by atoms with van der Waals surface area (Å²) in [5.74, 6) is -2.96. The maximum absolute atomic E-state index is 14.3. The summed E-state index contributed by atoms with van der Waals surface area (Å²) in [6.45, 7) is 3.56. The highest BCUT2D eigenvalue weighted by Crippen LogP contribution is 2.42. The zero-order chi connectivity index (χ0) is 34.7. The molecule has 9 heteroatoms. The number of phenols is 1. The van der Waals surface area contributed by atoms with Crippen LogP contribution in [-0.4, -0.2) is 49.1 Å². The van der Waals surface area contributed by atoms with Gasteiger partial charge in [-0.05, 0) is 78.4 Å². The first-order chi connectivity index (χ1) is 22.1. The Hall–Kier alpha value is -4.47. The van der Waals surface area contributed by atoms with Crippen LogP contribution >= 0.6 is 0 Å². The Kier molecular flexibility index (Phi) is 7.74. The summed E-state index contributed by atoms with van der Waals surface area (Å²) in [4.78, 5) is 25.3. The average molecular weight is 580 g/mol. The van der Waals surface area contributed by atoms with Crippen molar-refractivity contribution in [3.8, 4) is 28.1 Å². The molecule has 0 bridgehead atoms. The molecule has 4 aromatic rings. The van der Waals surface area contributed by atoms with Gasteiger partial charge in [0, 0.05) is 23.5 Å². The number of hydrogen-bond acceptors (Lipinski definition) is 5. The molecule has 220 valence electrons. The van der Waals surface area contributed by atoms with Gasteiger partial charge in [0.15, 0.2) is 0 Å². The second-order valence-electron chi connectivity index (χ2n) is 10.2. The molecule has 0 aliphatic carbocycles. The van der Waals surface area contributed by atoms with Crippen LogP contribution in [0, 0.1) is 5.82 Å². The van der Waals surface area contributed by atoms with Gasteiger partial charge >= 0.3 is 5.97 Å². The Morgan fingerprint density at radius 3 is 2.19 bits per heavy atom. The molecule has 0 aliphatic rings. The van der Waals surface area contributed by atoms with Gasteiger partial charge in [0.25, 0.3) is 5.91 Å². The number of aromatic hydroxyl groups is 1. The molecule has 0 spiro atoms. The lowest BCUT2D eigenvalue weighted by molar-refractivity contribution is -0.139. The number of benzene rings is 3. The first-order valence-corrected chi connectivity index (χ1v) is 13.4. The Labute approximate surface area is 250 Å². The number of amides is 1. The smallest absolute Gasteiger partial charge is 0.305 e. The van der Waals surface area contributed by atoms with Crippen molar-refractivity contribution in [3.05, 3.63) is 95.8 Å². The molecule has 0 radical (unpaired) electrons. The third-order valence-corrected chi connectivity index (χ3v) is 6.71. The fourth-order valence-corrected chi connectivity index (χ4v) is 4.96. The van der Waals surface area contributed by atoms with Crippen molar-refractivity contribution in [1.82, 2.24) is 4.57 Å². The van der Waals surface area contributed by atoms with Crippen LogP contribution in [0.15, 0.2) is 78.7 Å². The van der Waals surface area contributed by atoms with Crippen molar-refractivity contribution in [2.45, 2.75) is 57.8 Å². The van der Waals surface area contributed by atoms with Gasteiger partial charge < -0.3 is 30.3 Å². The van der Waals surface area contributed by atoms with Crippen molar-refractivity contribution in [2.75, 3.05) is 5.32 Å². The number of rotatable bonds is 12. The number of nitrogens with one attached hydrogen (secondary N) is 1.